The zero-order chi connectivity index (χ0) is 24.4. The Morgan fingerprint density at radius 2 is 1.83 bits per heavy atom. The number of carbonyl (C=O) groups excluding carboxylic acids is 2. The van der Waals surface area contributed by atoms with Crippen molar-refractivity contribution in [2.75, 3.05) is 18.7 Å². The molecule has 0 bridgehead atoms. The van der Waals surface area contributed by atoms with Gasteiger partial charge in [-0.1, -0.05) is 35.3 Å². The molecule has 1 saturated carbocycles. The fourth-order valence-electron chi connectivity index (χ4n) is 3.85. The first-order chi connectivity index (χ1) is 17.0. The second-order valence-corrected chi connectivity index (χ2v) is 10.3. The molecule has 3 amide bonds. The maximum absolute atomic E-state index is 13.5. The number of thiophene rings is 1. The standard InChI is InChI=1S/C25H23Cl2N3O4S/c26-20-7-4-17(11-21(20)27)28-25(32)30(18-5-6-18)14-24(31)29(13-19-2-1-9-35-19)12-16-3-8-22-23(10-16)34-15-33-22/h1-4,7-11,18H,5-6,12-15H2,(H,28,32). The lowest BCUT2D eigenvalue weighted by atomic mass is 10.2. The number of amides is 3. The molecule has 1 aliphatic carbocycles. The molecule has 35 heavy (non-hydrogen) atoms. The predicted molar refractivity (Wildman–Crippen MR) is 136 cm³/mol. The minimum atomic E-state index is -0.335. The van der Waals surface area contributed by atoms with Gasteiger partial charge in [0.2, 0.25) is 12.7 Å². The first kappa shape index (κ1) is 23.8. The number of urea groups is 1. The maximum Gasteiger partial charge on any atom is 0.322 e. The van der Waals surface area contributed by atoms with Crippen molar-refractivity contribution in [3.05, 3.63) is 74.4 Å². The summed E-state index contributed by atoms with van der Waals surface area (Å²) < 4.78 is 10.9. The summed E-state index contributed by atoms with van der Waals surface area (Å²) in [6.07, 6.45) is 1.74. The maximum atomic E-state index is 13.5. The van der Waals surface area contributed by atoms with Crippen LogP contribution in [0.2, 0.25) is 10.0 Å². The van der Waals surface area contributed by atoms with Crippen LogP contribution >= 0.6 is 34.5 Å². The molecule has 1 fully saturated rings. The van der Waals surface area contributed by atoms with Crippen LogP contribution in [-0.4, -0.2) is 41.1 Å². The van der Waals surface area contributed by atoms with Crippen molar-refractivity contribution >= 4 is 52.2 Å². The van der Waals surface area contributed by atoms with E-state index in [1.165, 1.54) is 0 Å². The zero-order valence-electron chi connectivity index (χ0n) is 18.7. The summed E-state index contributed by atoms with van der Waals surface area (Å²) in [6, 6.07) is 14.2. The van der Waals surface area contributed by atoms with Crippen LogP contribution in [0, 0.1) is 0 Å². The van der Waals surface area contributed by atoms with Crippen LogP contribution < -0.4 is 14.8 Å². The molecular weight excluding hydrogens is 509 g/mol. The van der Waals surface area contributed by atoms with E-state index in [-0.39, 0.29) is 31.3 Å². The third kappa shape index (κ3) is 5.83. The van der Waals surface area contributed by atoms with Crippen LogP contribution in [0.25, 0.3) is 0 Å². The fraction of sp³-hybridized carbons (Fsp3) is 0.280. The molecule has 1 N–H and O–H groups in total. The Balaban J connectivity index is 1.31. The van der Waals surface area contributed by atoms with E-state index in [2.05, 4.69) is 5.32 Å². The molecular formula is C25H23Cl2N3O4S. The summed E-state index contributed by atoms with van der Waals surface area (Å²) in [6.45, 7) is 1.02. The third-order valence-electron chi connectivity index (χ3n) is 5.81. The number of fused-ring (bicyclic) bond motifs is 1. The highest BCUT2D eigenvalue weighted by Crippen LogP contribution is 2.33. The van der Waals surface area contributed by atoms with Crippen molar-refractivity contribution in [2.45, 2.75) is 32.0 Å². The number of benzene rings is 2. The van der Waals surface area contributed by atoms with E-state index in [4.69, 9.17) is 32.7 Å². The van der Waals surface area contributed by atoms with Gasteiger partial charge in [-0.3, -0.25) is 4.79 Å². The molecule has 1 aromatic heterocycles. The summed E-state index contributed by atoms with van der Waals surface area (Å²) in [5.41, 5.74) is 1.45. The lowest BCUT2D eigenvalue weighted by Gasteiger charge is -2.28. The largest absolute Gasteiger partial charge is 0.454 e. The SMILES string of the molecule is O=C(CN(C(=O)Nc1ccc(Cl)c(Cl)c1)C1CC1)N(Cc1ccc2c(c1)OCO2)Cc1cccs1. The van der Waals surface area contributed by atoms with Gasteiger partial charge in [-0.05, 0) is 60.2 Å². The zero-order valence-corrected chi connectivity index (χ0v) is 21.0. The van der Waals surface area contributed by atoms with Crippen LogP contribution in [0.1, 0.15) is 23.3 Å². The Morgan fingerprint density at radius 1 is 1.00 bits per heavy atom. The number of carbonyl (C=O) groups is 2. The van der Waals surface area contributed by atoms with Crippen LogP contribution in [-0.2, 0) is 17.9 Å². The van der Waals surface area contributed by atoms with E-state index >= 15 is 0 Å². The quantitative estimate of drug-likeness (QED) is 0.386. The highest BCUT2D eigenvalue weighted by Gasteiger charge is 2.35. The van der Waals surface area contributed by atoms with Gasteiger partial charge in [0, 0.05) is 23.2 Å². The number of ether oxygens (including phenoxy) is 2. The molecule has 0 unspecified atom stereocenters. The van der Waals surface area contributed by atoms with Gasteiger partial charge in [0.25, 0.3) is 0 Å². The van der Waals surface area contributed by atoms with E-state index < -0.39 is 0 Å². The third-order valence-corrected chi connectivity index (χ3v) is 7.42. The number of anilines is 1. The first-order valence-electron chi connectivity index (χ1n) is 11.2. The van der Waals surface area contributed by atoms with Crippen LogP contribution in [0.15, 0.2) is 53.9 Å². The lowest BCUT2D eigenvalue weighted by molar-refractivity contribution is -0.133. The van der Waals surface area contributed by atoms with E-state index in [9.17, 15) is 9.59 Å². The molecule has 3 aromatic rings. The Kier molecular flexibility index (Phi) is 7.04. The normalized spacial score (nSPS) is 14.0. The first-order valence-corrected chi connectivity index (χ1v) is 12.8. The van der Waals surface area contributed by atoms with E-state index in [1.807, 2.05) is 35.7 Å². The van der Waals surface area contributed by atoms with Gasteiger partial charge in [0.1, 0.15) is 6.54 Å². The van der Waals surface area contributed by atoms with Gasteiger partial charge in [-0.25, -0.2) is 4.79 Å². The Labute approximate surface area is 217 Å². The molecule has 0 radical (unpaired) electrons. The predicted octanol–water partition coefficient (Wildman–Crippen LogP) is 6.01. The summed E-state index contributed by atoms with van der Waals surface area (Å²) in [5, 5.41) is 5.59. The van der Waals surface area contributed by atoms with Gasteiger partial charge >= 0.3 is 6.03 Å². The van der Waals surface area contributed by atoms with Crippen LogP contribution in [0.3, 0.4) is 0 Å². The minimum Gasteiger partial charge on any atom is -0.454 e. The summed E-state index contributed by atoms with van der Waals surface area (Å²) >= 11 is 13.7. The molecule has 182 valence electrons. The summed E-state index contributed by atoms with van der Waals surface area (Å²) in [5.74, 6) is 1.24. The van der Waals surface area contributed by atoms with Gasteiger partial charge in [-0.15, -0.1) is 11.3 Å². The fourth-order valence-corrected chi connectivity index (χ4v) is 4.87. The van der Waals surface area contributed by atoms with E-state index in [0.29, 0.717) is 40.3 Å². The lowest BCUT2D eigenvalue weighted by Crippen LogP contribution is -2.45. The average molecular weight is 532 g/mol. The highest BCUT2D eigenvalue weighted by atomic mass is 35.5. The Bertz CT molecular complexity index is 1230. The van der Waals surface area contributed by atoms with E-state index in [1.54, 1.807) is 39.3 Å². The number of nitrogens with one attached hydrogen (secondary N) is 1. The van der Waals surface area contributed by atoms with Crippen molar-refractivity contribution < 1.29 is 19.1 Å². The van der Waals surface area contributed by atoms with Crippen molar-refractivity contribution in [1.82, 2.24) is 9.80 Å². The number of hydrogen-bond donors (Lipinski definition) is 1. The smallest absolute Gasteiger partial charge is 0.322 e. The highest BCUT2D eigenvalue weighted by molar-refractivity contribution is 7.09. The van der Waals surface area contributed by atoms with Crippen molar-refractivity contribution in [2.24, 2.45) is 0 Å². The van der Waals surface area contributed by atoms with Crippen molar-refractivity contribution in [3.63, 3.8) is 0 Å². The number of rotatable bonds is 8. The molecule has 0 spiro atoms. The molecule has 2 aromatic carbocycles. The minimum absolute atomic E-state index is 0.0201. The van der Waals surface area contributed by atoms with Crippen LogP contribution in [0.4, 0.5) is 10.5 Å². The molecule has 7 nitrogen and oxygen atoms in total. The Morgan fingerprint density at radius 3 is 2.57 bits per heavy atom. The van der Waals surface area contributed by atoms with Gasteiger partial charge < -0.3 is 24.6 Å². The summed E-state index contributed by atoms with van der Waals surface area (Å²) in [7, 11) is 0. The molecule has 1 aliphatic heterocycles. The Hall–Kier alpha value is -2.94. The molecule has 2 aliphatic rings. The molecule has 5 rings (SSSR count). The number of halogens is 2. The van der Waals surface area contributed by atoms with Crippen molar-refractivity contribution in [1.29, 1.82) is 0 Å². The second kappa shape index (κ2) is 10.4. The van der Waals surface area contributed by atoms with Gasteiger partial charge in [0.15, 0.2) is 11.5 Å². The molecule has 10 heteroatoms. The molecule has 2 heterocycles. The monoisotopic (exact) mass is 531 g/mol. The molecule has 0 atom stereocenters. The van der Waals surface area contributed by atoms with Crippen LogP contribution in [0.5, 0.6) is 11.5 Å². The van der Waals surface area contributed by atoms with Gasteiger partial charge in [-0.2, -0.15) is 0 Å². The second-order valence-electron chi connectivity index (χ2n) is 8.43. The van der Waals surface area contributed by atoms with Gasteiger partial charge in [0.05, 0.1) is 16.6 Å². The van der Waals surface area contributed by atoms with Crippen molar-refractivity contribution in [3.8, 4) is 11.5 Å². The molecule has 0 saturated heterocycles. The topological polar surface area (TPSA) is 71.1 Å². The van der Waals surface area contributed by atoms with E-state index in [0.717, 1.165) is 23.3 Å². The average Bonchev–Trinajstić information content (AvgIpc) is 3.34. The summed E-state index contributed by atoms with van der Waals surface area (Å²) in [4.78, 5) is 31.1. The number of nitrogens with zero attached hydrogens (tertiary/aromatic N) is 2. The number of hydrogen-bond acceptors (Lipinski definition) is 5.